The molecule has 15 heavy (non-hydrogen) atoms. The van der Waals surface area contributed by atoms with Crippen molar-refractivity contribution in [2.45, 2.75) is 6.92 Å². The number of methoxy groups -OCH3 is 1. The number of ether oxygens (including phenoxy) is 1. The Hall–Kier alpha value is -1.43. The van der Waals surface area contributed by atoms with E-state index in [1.807, 2.05) is 0 Å². The molecule has 5 nitrogen and oxygen atoms in total. The molecular formula is C9H13NO4S. The molecule has 0 aliphatic carbocycles. The van der Waals surface area contributed by atoms with Gasteiger partial charge in [0.2, 0.25) is 10.0 Å². The van der Waals surface area contributed by atoms with Crippen LogP contribution in [0.3, 0.4) is 0 Å². The standard InChI is InChI=1S/C9H13NO4S/c1-3-15(12,13)10-8-5-4-7(14-2)6-9(8)11/h4-6,10-11H,3H2,1-2H3. The van der Waals surface area contributed by atoms with Gasteiger partial charge in [0.05, 0.1) is 18.6 Å². The summed E-state index contributed by atoms with van der Waals surface area (Å²) >= 11 is 0. The highest BCUT2D eigenvalue weighted by Crippen LogP contribution is 2.28. The Bertz CT molecular complexity index is 441. The number of aromatic hydroxyl groups is 1. The van der Waals surface area contributed by atoms with Gasteiger partial charge in [0.15, 0.2) is 0 Å². The molecule has 2 N–H and O–H groups in total. The third-order valence-corrected chi connectivity index (χ3v) is 3.14. The molecule has 0 saturated heterocycles. The van der Waals surface area contributed by atoms with E-state index >= 15 is 0 Å². The van der Waals surface area contributed by atoms with E-state index in [1.54, 1.807) is 6.07 Å². The van der Waals surface area contributed by atoms with Crippen molar-refractivity contribution >= 4 is 15.7 Å². The molecular weight excluding hydrogens is 218 g/mol. The zero-order valence-corrected chi connectivity index (χ0v) is 9.34. The third kappa shape index (κ3) is 3.02. The predicted octanol–water partition coefficient (Wildman–Crippen LogP) is 1.16. The Morgan fingerprint density at radius 2 is 2.13 bits per heavy atom. The number of nitrogens with one attached hydrogen (secondary N) is 1. The van der Waals surface area contributed by atoms with Crippen LogP contribution in [0.15, 0.2) is 18.2 Å². The van der Waals surface area contributed by atoms with Gasteiger partial charge in [-0.1, -0.05) is 0 Å². The molecule has 0 heterocycles. The Kier molecular flexibility index (Phi) is 3.41. The second-order valence-electron chi connectivity index (χ2n) is 2.89. The van der Waals surface area contributed by atoms with Crippen LogP contribution in [0.4, 0.5) is 5.69 Å². The van der Waals surface area contributed by atoms with Crippen LogP contribution in [0, 0.1) is 0 Å². The maximum Gasteiger partial charge on any atom is 0.232 e. The van der Waals surface area contributed by atoms with E-state index < -0.39 is 10.0 Å². The molecule has 0 unspecified atom stereocenters. The van der Waals surface area contributed by atoms with E-state index in [1.165, 1.54) is 26.2 Å². The zero-order valence-electron chi connectivity index (χ0n) is 8.52. The lowest BCUT2D eigenvalue weighted by Gasteiger charge is -2.08. The Balaban J connectivity index is 2.97. The molecule has 0 saturated carbocycles. The van der Waals surface area contributed by atoms with Gasteiger partial charge >= 0.3 is 0 Å². The summed E-state index contributed by atoms with van der Waals surface area (Å²) in [6, 6.07) is 4.35. The van der Waals surface area contributed by atoms with E-state index in [4.69, 9.17) is 4.74 Å². The lowest BCUT2D eigenvalue weighted by atomic mass is 10.3. The Labute approximate surface area is 88.7 Å². The average molecular weight is 231 g/mol. The second-order valence-corrected chi connectivity index (χ2v) is 4.90. The SMILES string of the molecule is CCS(=O)(=O)Nc1ccc(OC)cc1O. The maximum absolute atomic E-state index is 11.2. The van der Waals surface area contributed by atoms with E-state index in [0.717, 1.165) is 0 Å². The van der Waals surface area contributed by atoms with Gasteiger partial charge in [-0.25, -0.2) is 8.42 Å². The van der Waals surface area contributed by atoms with Crippen LogP contribution in [-0.4, -0.2) is 26.4 Å². The fourth-order valence-corrected chi connectivity index (χ4v) is 1.62. The second kappa shape index (κ2) is 4.39. The van der Waals surface area contributed by atoms with Gasteiger partial charge < -0.3 is 9.84 Å². The summed E-state index contributed by atoms with van der Waals surface area (Å²) in [7, 11) is -1.90. The maximum atomic E-state index is 11.2. The average Bonchev–Trinajstić information content (AvgIpc) is 2.21. The topological polar surface area (TPSA) is 75.6 Å². The van der Waals surface area contributed by atoms with Crippen LogP contribution in [0.25, 0.3) is 0 Å². The molecule has 0 atom stereocenters. The summed E-state index contributed by atoms with van der Waals surface area (Å²) in [4.78, 5) is 0. The van der Waals surface area contributed by atoms with Gasteiger partial charge in [-0.2, -0.15) is 0 Å². The summed E-state index contributed by atoms with van der Waals surface area (Å²) in [5.41, 5.74) is 0.151. The fraction of sp³-hybridized carbons (Fsp3) is 0.333. The van der Waals surface area contributed by atoms with Gasteiger partial charge in [-0.15, -0.1) is 0 Å². The largest absolute Gasteiger partial charge is 0.506 e. The monoisotopic (exact) mass is 231 g/mol. The minimum absolute atomic E-state index is 0.0432. The highest BCUT2D eigenvalue weighted by molar-refractivity contribution is 7.92. The molecule has 1 rings (SSSR count). The highest BCUT2D eigenvalue weighted by atomic mass is 32.2. The van der Waals surface area contributed by atoms with Gasteiger partial charge in [-0.05, 0) is 19.1 Å². The molecule has 0 aliphatic heterocycles. The molecule has 1 aromatic carbocycles. The summed E-state index contributed by atoms with van der Waals surface area (Å²) in [6.07, 6.45) is 0. The summed E-state index contributed by atoms with van der Waals surface area (Å²) in [5, 5.41) is 9.47. The number of phenols is 1. The van der Waals surface area contributed by atoms with Crippen molar-refractivity contribution in [1.82, 2.24) is 0 Å². The zero-order chi connectivity index (χ0) is 11.5. The van der Waals surface area contributed by atoms with Crippen molar-refractivity contribution in [1.29, 1.82) is 0 Å². The van der Waals surface area contributed by atoms with Crippen molar-refractivity contribution in [3.05, 3.63) is 18.2 Å². The van der Waals surface area contributed by atoms with Crippen LogP contribution in [0.2, 0.25) is 0 Å². The molecule has 0 aromatic heterocycles. The lowest BCUT2D eigenvalue weighted by molar-refractivity contribution is 0.408. The van der Waals surface area contributed by atoms with Crippen LogP contribution in [-0.2, 0) is 10.0 Å². The molecule has 0 fully saturated rings. The smallest absolute Gasteiger partial charge is 0.232 e. The minimum Gasteiger partial charge on any atom is -0.506 e. The molecule has 0 aliphatic rings. The van der Waals surface area contributed by atoms with Crippen molar-refractivity contribution in [2.75, 3.05) is 17.6 Å². The number of hydrogen-bond acceptors (Lipinski definition) is 4. The Morgan fingerprint density at radius 3 is 2.60 bits per heavy atom. The van der Waals surface area contributed by atoms with Crippen LogP contribution >= 0.6 is 0 Å². The number of rotatable bonds is 4. The first kappa shape index (κ1) is 11.6. The molecule has 0 amide bonds. The minimum atomic E-state index is -3.37. The van der Waals surface area contributed by atoms with Crippen LogP contribution in [0.5, 0.6) is 11.5 Å². The molecule has 0 spiro atoms. The van der Waals surface area contributed by atoms with Crippen molar-refractivity contribution in [3.8, 4) is 11.5 Å². The normalized spacial score (nSPS) is 11.1. The highest BCUT2D eigenvalue weighted by Gasteiger charge is 2.10. The summed E-state index contributed by atoms with van der Waals surface area (Å²) in [5.74, 6) is 0.261. The molecule has 6 heteroatoms. The molecule has 0 bridgehead atoms. The van der Waals surface area contributed by atoms with Gasteiger partial charge in [0.1, 0.15) is 11.5 Å². The Morgan fingerprint density at radius 1 is 1.47 bits per heavy atom. The molecule has 1 aromatic rings. The number of benzene rings is 1. The lowest BCUT2D eigenvalue weighted by Crippen LogP contribution is -2.14. The number of anilines is 1. The number of sulfonamides is 1. The van der Waals surface area contributed by atoms with Crippen LogP contribution in [0.1, 0.15) is 6.92 Å². The molecule has 84 valence electrons. The first-order valence-corrected chi connectivity index (χ1v) is 6.01. The van der Waals surface area contributed by atoms with Crippen molar-refractivity contribution < 1.29 is 18.3 Å². The van der Waals surface area contributed by atoms with E-state index in [2.05, 4.69) is 4.72 Å². The molecule has 0 radical (unpaired) electrons. The van der Waals surface area contributed by atoms with Crippen molar-refractivity contribution in [3.63, 3.8) is 0 Å². The van der Waals surface area contributed by atoms with Gasteiger partial charge in [-0.3, -0.25) is 4.72 Å². The predicted molar refractivity (Wildman–Crippen MR) is 57.7 cm³/mol. The number of hydrogen-bond donors (Lipinski definition) is 2. The quantitative estimate of drug-likeness (QED) is 0.762. The number of phenolic OH excluding ortho intramolecular Hbond substituents is 1. The van der Waals surface area contributed by atoms with E-state index in [9.17, 15) is 13.5 Å². The van der Waals surface area contributed by atoms with Gasteiger partial charge in [0.25, 0.3) is 0 Å². The first-order chi connectivity index (χ1) is 6.98. The fourth-order valence-electron chi connectivity index (χ4n) is 0.964. The van der Waals surface area contributed by atoms with Crippen LogP contribution < -0.4 is 9.46 Å². The third-order valence-electron chi connectivity index (χ3n) is 1.85. The summed E-state index contributed by atoms with van der Waals surface area (Å²) < 4.78 is 29.6. The first-order valence-electron chi connectivity index (χ1n) is 4.36. The van der Waals surface area contributed by atoms with Gasteiger partial charge in [0, 0.05) is 6.07 Å². The summed E-state index contributed by atoms with van der Waals surface area (Å²) in [6.45, 7) is 1.52. The van der Waals surface area contributed by atoms with E-state index in [-0.39, 0.29) is 17.2 Å². The van der Waals surface area contributed by atoms with Crippen molar-refractivity contribution in [2.24, 2.45) is 0 Å². The van der Waals surface area contributed by atoms with E-state index in [0.29, 0.717) is 5.75 Å².